The summed E-state index contributed by atoms with van der Waals surface area (Å²) < 4.78 is 0. The van der Waals surface area contributed by atoms with Crippen LogP contribution in [0.2, 0.25) is 0 Å². The van der Waals surface area contributed by atoms with Crippen molar-refractivity contribution in [3.8, 4) is 0 Å². The van der Waals surface area contributed by atoms with Gasteiger partial charge in [-0.1, -0.05) is 25.5 Å². The zero-order chi connectivity index (χ0) is 12.2. The third-order valence-corrected chi connectivity index (χ3v) is 2.54. The summed E-state index contributed by atoms with van der Waals surface area (Å²) in [4.78, 5) is 2.08. The van der Waals surface area contributed by atoms with E-state index in [1.54, 1.807) is 0 Å². The molecule has 2 heteroatoms. The molecule has 2 nitrogen and oxygen atoms in total. The van der Waals surface area contributed by atoms with E-state index in [2.05, 4.69) is 36.1 Å². The lowest BCUT2D eigenvalue weighted by Crippen LogP contribution is -2.36. The van der Waals surface area contributed by atoms with Crippen LogP contribution in [0.1, 0.15) is 32.8 Å². The van der Waals surface area contributed by atoms with E-state index in [4.69, 9.17) is 0 Å². The van der Waals surface area contributed by atoms with Crippen LogP contribution in [0, 0.1) is 0 Å². The lowest BCUT2D eigenvalue weighted by molar-refractivity contribution is 0.0886. The van der Waals surface area contributed by atoms with Gasteiger partial charge in [0.05, 0.1) is 5.60 Å². The fraction of sp³-hybridized carbons (Fsp3) is 0.571. The van der Waals surface area contributed by atoms with E-state index < -0.39 is 5.60 Å². The fourth-order valence-corrected chi connectivity index (χ4v) is 1.88. The summed E-state index contributed by atoms with van der Waals surface area (Å²) in [5.74, 6) is 0. The number of aliphatic hydroxyl groups is 1. The molecular formula is C14H23NO. The maximum absolute atomic E-state index is 9.75. The van der Waals surface area contributed by atoms with Crippen LogP contribution in [0.3, 0.4) is 0 Å². The third kappa shape index (κ3) is 4.23. The summed E-state index contributed by atoms with van der Waals surface area (Å²) in [6, 6.07) is 8.58. The zero-order valence-corrected chi connectivity index (χ0v) is 10.8. The molecule has 1 rings (SSSR count). The van der Waals surface area contributed by atoms with Gasteiger partial charge in [0.2, 0.25) is 0 Å². The zero-order valence-electron chi connectivity index (χ0n) is 10.8. The lowest BCUT2D eigenvalue weighted by atomic mass is 10.1. The molecule has 0 saturated carbocycles. The van der Waals surface area contributed by atoms with Crippen LogP contribution >= 0.6 is 0 Å². The molecule has 0 unspecified atom stereocenters. The Morgan fingerprint density at radius 2 is 1.75 bits per heavy atom. The minimum atomic E-state index is -0.656. The van der Waals surface area contributed by atoms with E-state index >= 15 is 0 Å². The average molecular weight is 221 g/mol. The molecule has 90 valence electrons. The Bertz CT molecular complexity index is 311. The summed E-state index contributed by atoms with van der Waals surface area (Å²) in [6.07, 6.45) is 2.31. The number of nitrogens with zero attached hydrogens (tertiary/aromatic N) is 1. The van der Waals surface area contributed by atoms with Gasteiger partial charge in [0.15, 0.2) is 0 Å². The van der Waals surface area contributed by atoms with Gasteiger partial charge >= 0.3 is 0 Å². The van der Waals surface area contributed by atoms with Gasteiger partial charge in [0.25, 0.3) is 0 Å². The van der Waals surface area contributed by atoms with Gasteiger partial charge in [-0.05, 0) is 38.0 Å². The summed E-state index contributed by atoms with van der Waals surface area (Å²) in [5.41, 5.74) is 1.88. The summed E-state index contributed by atoms with van der Waals surface area (Å²) >= 11 is 0. The molecule has 0 amide bonds. The highest BCUT2D eigenvalue weighted by molar-refractivity contribution is 5.47. The number of hydrogen-bond donors (Lipinski definition) is 1. The molecule has 0 aliphatic rings. The molecule has 0 aromatic heterocycles. The molecule has 16 heavy (non-hydrogen) atoms. The average Bonchev–Trinajstić information content (AvgIpc) is 2.16. The van der Waals surface area contributed by atoms with E-state index in [0.717, 1.165) is 12.1 Å². The number of hydrogen-bond acceptors (Lipinski definition) is 2. The fourth-order valence-electron chi connectivity index (χ4n) is 1.88. The Morgan fingerprint density at radius 1 is 1.19 bits per heavy atom. The molecular weight excluding hydrogens is 198 g/mol. The van der Waals surface area contributed by atoms with Gasteiger partial charge < -0.3 is 10.0 Å². The first-order valence-corrected chi connectivity index (χ1v) is 5.95. The van der Waals surface area contributed by atoms with Gasteiger partial charge in [0.1, 0.15) is 0 Å². The molecule has 0 atom stereocenters. The van der Waals surface area contributed by atoms with Crippen molar-refractivity contribution in [2.24, 2.45) is 0 Å². The van der Waals surface area contributed by atoms with Crippen molar-refractivity contribution in [3.05, 3.63) is 29.8 Å². The number of likely N-dealkylation sites (N-methyl/N-ethyl adjacent to an activating group) is 1. The first kappa shape index (κ1) is 13.0. The molecule has 1 aromatic carbocycles. The molecule has 1 aromatic rings. The highest BCUT2D eigenvalue weighted by Gasteiger charge is 2.15. The first-order chi connectivity index (χ1) is 7.42. The van der Waals surface area contributed by atoms with Gasteiger partial charge in [-0.3, -0.25) is 0 Å². The largest absolute Gasteiger partial charge is 0.389 e. The molecule has 0 radical (unpaired) electrons. The van der Waals surface area contributed by atoms with Crippen molar-refractivity contribution in [3.63, 3.8) is 0 Å². The van der Waals surface area contributed by atoms with E-state index in [1.165, 1.54) is 12.0 Å². The van der Waals surface area contributed by atoms with Crippen molar-refractivity contribution in [1.82, 2.24) is 0 Å². The monoisotopic (exact) mass is 221 g/mol. The third-order valence-electron chi connectivity index (χ3n) is 2.54. The number of anilines is 1. The van der Waals surface area contributed by atoms with E-state index in [1.807, 2.05) is 20.9 Å². The van der Waals surface area contributed by atoms with Gasteiger partial charge in [0, 0.05) is 19.3 Å². The van der Waals surface area contributed by atoms with Crippen molar-refractivity contribution < 1.29 is 5.11 Å². The second-order valence-electron chi connectivity index (χ2n) is 5.08. The Morgan fingerprint density at radius 3 is 2.19 bits per heavy atom. The molecule has 0 aliphatic carbocycles. The van der Waals surface area contributed by atoms with Crippen LogP contribution in [0.4, 0.5) is 5.69 Å². The van der Waals surface area contributed by atoms with E-state index in [9.17, 15) is 5.11 Å². The topological polar surface area (TPSA) is 23.5 Å². The molecule has 0 bridgehead atoms. The van der Waals surface area contributed by atoms with Crippen LogP contribution in [0.25, 0.3) is 0 Å². The maximum atomic E-state index is 9.75. The number of rotatable bonds is 5. The number of aryl methyl sites for hydroxylation is 1. The predicted octanol–water partition coefficient (Wildman–Crippen LogP) is 2.85. The highest BCUT2D eigenvalue weighted by atomic mass is 16.3. The van der Waals surface area contributed by atoms with E-state index in [-0.39, 0.29) is 0 Å². The summed E-state index contributed by atoms with van der Waals surface area (Å²) in [5, 5.41) is 9.75. The Hall–Kier alpha value is -1.02. The predicted molar refractivity (Wildman–Crippen MR) is 70.0 cm³/mol. The van der Waals surface area contributed by atoms with Crippen LogP contribution in [0.15, 0.2) is 24.3 Å². The molecule has 1 N–H and O–H groups in total. The van der Waals surface area contributed by atoms with Crippen LogP contribution in [-0.2, 0) is 6.42 Å². The Kier molecular flexibility index (Phi) is 4.36. The Balaban J connectivity index is 2.66. The second kappa shape index (κ2) is 5.35. The SMILES string of the molecule is CCCc1ccc(N(C)CC(C)(C)O)cc1. The molecule has 0 spiro atoms. The van der Waals surface area contributed by atoms with Crippen LogP contribution in [0.5, 0.6) is 0 Å². The van der Waals surface area contributed by atoms with Crippen molar-refractivity contribution in [2.45, 2.75) is 39.2 Å². The summed E-state index contributed by atoms with van der Waals surface area (Å²) in [7, 11) is 2.01. The minimum absolute atomic E-state index is 0.639. The van der Waals surface area contributed by atoms with Crippen molar-refractivity contribution in [2.75, 3.05) is 18.5 Å². The van der Waals surface area contributed by atoms with Crippen molar-refractivity contribution >= 4 is 5.69 Å². The quantitative estimate of drug-likeness (QED) is 0.826. The van der Waals surface area contributed by atoms with Crippen molar-refractivity contribution in [1.29, 1.82) is 0 Å². The Labute approximate surface area is 98.9 Å². The van der Waals surface area contributed by atoms with Crippen LogP contribution < -0.4 is 4.90 Å². The number of benzene rings is 1. The maximum Gasteiger partial charge on any atom is 0.0765 e. The van der Waals surface area contributed by atoms with E-state index in [0.29, 0.717) is 6.54 Å². The van der Waals surface area contributed by atoms with Gasteiger partial charge in [-0.15, -0.1) is 0 Å². The second-order valence-corrected chi connectivity index (χ2v) is 5.08. The van der Waals surface area contributed by atoms with Gasteiger partial charge in [-0.2, -0.15) is 0 Å². The first-order valence-electron chi connectivity index (χ1n) is 5.95. The minimum Gasteiger partial charge on any atom is -0.389 e. The lowest BCUT2D eigenvalue weighted by Gasteiger charge is -2.27. The summed E-state index contributed by atoms with van der Waals surface area (Å²) in [6.45, 7) is 6.48. The molecule has 0 heterocycles. The molecule has 0 fully saturated rings. The molecule has 0 saturated heterocycles. The standard InChI is InChI=1S/C14H23NO/c1-5-6-12-7-9-13(10-8-12)15(4)11-14(2,3)16/h7-10,16H,5-6,11H2,1-4H3. The smallest absolute Gasteiger partial charge is 0.0765 e. The van der Waals surface area contributed by atoms with Gasteiger partial charge in [-0.25, -0.2) is 0 Å². The molecule has 0 aliphatic heterocycles. The van der Waals surface area contributed by atoms with Crippen LogP contribution in [-0.4, -0.2) is 24.3 Å². The highest BCUT2D eigenvalue weighted by Crippen LogP contribution is 2.17. The normalized spacial score (nSPS) is 11.6.